The van der Waals surface area contributed by atoms with E-state index in [4.69, 9.17) is 5.73 Å². The first-order chi connectivity index (χ1) is 8.04. The number of aromatic amines is 1. The average Bonchev–Trinajstić information content (AvgIpc) is 2.21. The van der Waals surface area contributed by atoms with Crippen LogP contribution in [-0.2, 0) is 6.54 Å². The van der Waals surface area contributed by atoms with Crippen molar-refractivity contribution in [2.75, 3.05) is 5.73 Å². The van der Waals surface area contributed by atoms with E-state index in [-0.39, 0.29) is 6.54 Å². The van der Waals surface area contributed by atoms with Gasteiger partial charge in [-0.2, -0.15) is 0 Å². The molecule has 0 aliphatic rings. The van der Waals surface area contributed by atoms with E-state index in [0.29, 0.717) is 11.6 Å². The summed E-state index contributed by atoms with van der Waals surface area (Å²) >= 11 is 0. The lowest BCUT2D eigenvalue weighted by Crippen LogP contribution is -2.29. The van der Waals surface area contributed by atoms with Gasteiger partial charge in [0, 0.05) is 24.0 Å². The van der Waals surface area contributed by atoms with Crippen molar-refractivity contribution >= 4 is 5.82 Å². The standard InChI is InChI=1S/C10H11N5O2/c1-6-4-7(11)13-8(12-6)5-15-3-2-9(16)14-10(15)17/h2-4H,5H2,1H3,(H2,11,12,13)(H,14,16,17). The molecule has 7 heteroatoms. The molecule has 0 aliphatic heterocycles. The summed E-state index contributed by atoms with van der Waals surface area (Å²) in [6, 6.07) is 2.90. The third-order valence-electron chi connectivity index (χ3n) is 2.13. The number of rotatable bonds is 2. The van der Waals surface area contributed by atoms with Crippen molar-refractivity contribution in [3.63, 3.8) is 0 Å². The smallest absolute Gasteiger partial charge is 0.328 e. The lowest BCUT2D eigenvalue weighted by Gasteiger charge is -2.04. The Morgan fingerprint density at radius 1 is 1.41 bits per heavy atom. The first kappa shape index (κ1) is 11.1. The van der Waals surface area contributed by atoms with Crippen molar-refractivity contribution < 1.29 is 0 Å². The van der Waals surface area contributed by atoms with Crippen LogP contribution in [0.1, 0.15) is 11.5 Å². The van der Waals surface area contributed by atoms with Crippen molar-refractivity contribution in [3.05, 3.63) is 50.7 Å². The zero-order valence-electron chi connectivity index (χ0n) is 9.17. The van der Waals surface area contributed by atoms with E-state index in [1.54, 1.807) is 13.0 Å². The molecule has 0 aliphatic carbocycles. The molecule has 2 aromatic heterocycles. The molecule has 0 saturated heterocycles. The fourth-order valence-electron chi connectivity index (χ4n) is 1.45. The number of nitrogen functional groups attached to an aromatic ring is 1. The van der Waals surface area contributed by atoms with Gasteiger partial charge in [-0.05, 0) is 6.92 Å². The average molecular weight is 233 g/mol. The minimum absolute atomic E-state index is 0.168. The highest BCUT2D eigenvalue weighted by Crippen LogP contribution is 2.02. The Kier molecular flexibility index (Phi) is 2.73. The summed E-state index contributed by atoms with van der Waals surface area (Å²) in [5.41, 5.74) is 5.37. The van der Waals surface area contributed by atoms with Crippen LogP contribution in [0, 0.1) is 6.92 Å². The number of aromatic nitrogens is 4. The first-order valence-electron chi connectivity index (χ1n) is 4.94. The molecule has 0 saturated carbocycles. The van der Waals surface area contributed by atoms with Gasteiger partial charge >= 0.3 is 5.69 Å². The van der Waals surface area contributed by atoms with Gasteiger partial charge in [0.2, 0.25) is 0 Å². The van der Waals surface area contributed by atoms with Crippen LogP contribution in [0.15, 0.2) is 27.9 Å². The van der Waals surface area contributed by atoms with Gasteiger partial charge in [-0.25, -0.2) is 14.8 Å². The summed E-state index contributed by atoms with van der Waals surface area (Å²) in [5.74, 6) is 0.779. The molecule has 3 N–H and O–H groups in total. The van der Waals surface area contributed by atoms with E-state index >= 15 is 0 Å². The van der Waals surface area contributed by atoms with Gasteiger partial charge in [0.05, 0.1) is 6.54 Å². The Bertz CT molecular complexity index is 638. The molecule has 0 atom stereocenters. The molecule has 2 rings (SSSR count). The van der Waals surface area contributed by atoms with Crippen LogP contribution in [0.25, 0.3) is 0 Å². The molecular weight excluding hydrogens is 222 g/mol. The zero-order valence-corrected chi connectivity index (χ0v) is 9.17. The van der Waals surface area contributed by atoms with Crippen LogP contribution in [0.5, 0.6) is 0 Å². The minimum Gasteiger partial charge on any atom is -0.384 e. The van der Waals surface area contributed by atoms with Gasteiger partial charge in [-0.15, -0.1) is 0 Å². The number of H-pyrrole nitrogens is 1. The highest BCUT2D eigenvalue weighted by atomic mass is 16.2. The molecule has 2 heterocycles. The Labute approximate surface area is 96.0 Å². The van der Waals surface area contributed by atoms with Crippen LogP contribution >= 0.6 is 0 Å². The van der Waals surface area contributed by atoms with Gasteiger partial charge in [-0.3, -0.25) is 14.3 Å². The molecule has 0 bridgehead atoms. The molecule has 0 unspecified atom stereocenters. The molecule has 0 amide bonds. The third kappa shape index (κ3) is 2.57. The van der Waals surface area contributed by atoms with Crippen molar-refractivity contribution in [1.82, 2.24) is 19.5 Å². The monoisotopic (exact) mass is 233 g/mol. The van der Waals surface area contributed by atoms with E-state index < -0.39 is 11.2 Å². The maximum absolute atomic E-state index is 11.4. The molecule has 0 radical (unpaired) electrons. The molecule has 0 fully saturated rings. The Morgan fingerprint density at radius 3 is 2.82 bits per heavy atom. The SMILES string of the molecule is Cc1cc(N)nc(Cn2ccc(=O)[nH]c2=O)n1. The molecule has 0 aromatic carbocycles. The van der Waals surface area contributed by atoms with E-state index in [9.17, 15) is 9.59 Å². The lowest BCUT2D eigenvalue weighted by atomic mass is 10.4. The zero-order chi connectivity index (χ0) is 12.4. The normalized spacial score (nSPS) is 10.4. The fraction of sp³-hybridized carbons (Fsp3) is 0.200. The van der Waals surface area contributed by atoms with Crippen LogP contribution in [0.2, 0.25) is 0 Å². The molecule has 17 heavy (non-hydrogen) atoms. The highest BCUT2D eigenvalue weighted by molar-refractivity contribution is 5.29. The Morgan fingerprint density at radius 2 is 2.18 bits per heavy atom. The van der Waals surface area contributed by atoms with Gasteiger partial charge in [0.15, 0.2) is 5.82 Å². The quantitative estimate of drug-likeness (QED) is 0.710. The summed E-state index contributed by atoms with van der Waals surface area (Å²) < 4.78 is 1.30. The Balaban J connectivity index is 2.38. The van der Waals surface area contributed by atoms with Gasteiger partial charge in [0.1, 0.15) is 5.82 Å². The van der Waals surface area contributed by atoms with Crippen LogP contribution in [0.3, 0.4) is 0 Å². The van der Waals surface area contributed by atoms with E-state index in [0.717, 1.165) is 5.69 Å². The Hall–Kier alpha value is -2.44. The largest absolute Gasteiger partial charge is 0.384 e. The topological polar surface area (TPSA) is 107 Å². The predicted octanol–water partition coefficient (Wildman–Crippen LogP) is -0.734. The number of nitrogens with zero attached hydrogens (tertiary/aromatic N) is 3. The summed E-state index contributed by atoms with van der Waals surface area (Å²) in [6.45, 7) is 1.96. The number of nitrogens with two attached hydrogens (primary N) is 1. The molecule has 2 aromatic rings. The van der Waals surface area contributed by atoms with Crippen LogP contribution in [0.4, 0.5) is 5.82 Å². The van der Waals surface area contributed by atoms with Crippen molar-refractivity contribution in [3.8, 4) is 0 Å². The van der Waals surface area contributed by atoms with Gasteiger partial charge in [-0.1, -0.05) is 0 Å². The van der Waals surface area contributed by atoms with Crippen LogP contribution in [-0.4, -0.2) is 19.5 Å². The number of nitrogens with one attached hydrogen (secondary N) is 1. The van der Waals surface area contributed by atoms with Gasteiger partial charge in [0.25, 0.3) is 5.56 Å². The first-order valence-corrected chi connectivity index (χ1v) is 4.94. The highest BCUT2D eigenvalue weighted by Gasteiger charge is 2.03. The number of anilines is 1. The number of hydrogen-bond donors (Lipinski definition) is 2. The summed E-state index contributed by atoms with van der Waals surface area (Å²) in [5, 5.41) is 0. The summed E-state index contributed by atoms with van der Waals surface area (Å²) in [7, 11) is 0. The lowest BCUT2D eigenvalue weighted by molar-refractivity contribution is 0.684. The second kappa shape index (κ2) is 4.20. The fourth-order valence-corrected chi connectivity index (χ4v) is 1.45. The maximum atomic E-state index is 11.4. The van der Waals surface area contributed by atoms with E-state index in [1.165, 1.54) is 16.8 Å². The van der Waals surface area contributed by atoms with Crippen molar-refractivity contribution in [2.24, 2.45) is 0 Å². The maximum Gasteiger partial charge on any atom is 0.328 e. The molecular formula is C10H11N5O2. The number of hydrogen-bond acceptors (Lipinski definition) is 5. The minimum atomic E-state index is -0.499. The van der Waals surface area contributed by atoms with Crippen LogP contribution < -0.4 is 17.0 Å². The summed E-state index contributed by atoms with van der Waals surface area (Å²) in [6.07, 6.45) is 1.39. The predicted molar refractivity (Wildman–Crippen MR) is 61.6 cm³/mol. The third-order valence-corrected chi connectivity index (χ3v) is 2.13. The molecule has 0 spiro atoms. The second-order valence-corrected chi connectivity index (χ2v) is 3.59. The van der Waals surface area contributed by atoms with Crippen molar-refractivity contribution in [2.45, 2.75) is 13.5 Å². The van der Waals surface area contributed by atoms with E-state index in [2.05, 4.69) is 15.0 Å². The van der Waals surface area contributed by atoms with E-state index in [1.807, 2.05) is 0 Å². The van der Waals surface area contributed by atoms with Gasteiger partial charge < -0.3 is 5.73 Å². The molecule has 88 valence electrons. The summed E-state index contributed by atoms with van der Waals surface area (Å²) in [4.78, 5) is 32.6. The molecule has 7 nitrogen and oxygen atoms in total. The van der Waals surface area contributed by atoms with Crippen molar-refractivity contribution in [1.29, 1.82) is 0 Å². The number of aryl methyl sites for hydroxylation is 1. The second-order valence-electron chi connectivity index (χ2n) is 3.59.